The molecule has 0 aromatic heterocycles. The van der Waals surface area contributed by atoms with Crippen molar-refractivity contribution in [1.82, 2.24) is 0 Å². The Bertz CT molecular complexity index is 439. The molecule has 0 unspecified atom stereocenters. The molecule has 0 saturated heterocycles. The van der Waals surface area contributed by atoms with E-state index in [1.807, 2.05) is 18.2 Å². The summed E-state index contributed by atoms with van der Waals surface area (Å²) in [5, 5.41) is 17.7. The summed E-state index contributed by atoms with van der Waals surface area (Å²) in [6, 6.07) is 17.0. The molecule has 0 fully saturated rings. The summed E-state index contributed by atoms with van der Waals surface area (Å²) < 4.78 is 16.8. The molecule has 2 rings (SSSR count). The fraction of sp³-hybridized carbons (Fsp3) is 0.143. The molecule has 0 saturated carbocycles. The van der Waals surface area contributed by atoms with Crippen molar-refractivity contribution in [1.29, 1.82) is 0 Å². The van der Waals surface area contributed by atoms with E-state index in [0.29, 0.717) is 5.46 Å². The maximum Gasteiger partial charge on any atom is 0.491 e. The highest BCUT2D eigenvalue weighted by molar-refractivity contribution is 6.59. The van der Waals surface area contributed by atoms with E-state index in [0.717, 1.165) is 0 Å². The number of hydrogen-bond donors (Lipinski definition) is 2. The number of rotatable bonds is 4. The van der Waals surface area contributed by atoms with Crippen LogP contribution >= 0.6 is 0 Å². The molecule has 0 aliphatic carbocycles. The second-order valence-corrected chi connectivity index (χ2v) is 3.65. The monoisotopic (exact) mass is 262 g/mol. The van der Waals surface area contributed by atoms with Crippen LogP contribution in [-0.2, 0) is 4.65 Å². The molecule has 0 aliphatic rings. The summed E-state index contributed by atoms with van der Waals surface area (Å²) in [5.74, 6) is -0.178. The predicted molar refractivity (Wildman–Crippen MR) is 73.5 cm³/mol. The van der Waals surface area contributed by atoms with Gasteiger partial charge in [0.15, 0.2) is 0 Å². The van der Waals surface area contributed by atoms with Crippen molar-refractivity contribution in [3.63, 3.8) is 0 Å². The van der Waals surface area contributed by atoms with Crippen LogP contribution in [0, 0.1) is 5.82 Å². The predicted octanol–water partition coefficient (Wildman–Crippen LogP) is 1.21. The summed E-state index contributed by atoms with van der Waals surface area (Å²) in [6.07, 6.45) is 0. The number of aliphatic hydroxyl groups excluding tert-OH is 1. The molecule has 0 aliphatic heterocycles. The van der Waals surface area contributed by atoms with Gasteiger partial charge < -0.3 is 14.8 Å². The van der Waals surface area contributed by atoms with Gasteiger partial charge in [0.2, 0.25) is 0 Å². The first-order valence-corrected chi connectivity index (χ1v) is 5.90. The second-order valence-electron chi connectivity index (χ2n) is 3.65. The van der Waals surface area contributed by atoms with Gasteiger partial charge in [-0.25, -0.2) is 4.39 Å². The zero-order valence-corrected chi connectivity index (χ0v) is 10.4. The molecule has 0 radical (unpaired) electrons. The standard InChI is InChI=1S/C8H11BO3.C6H5F/c10-6-7-12-9(11)8-4-2-1-3-5-8;7-6-4-2-1-3-5-6/h1-5,10-11H,6-7H2;1-5H. The molecule has 5 heteroatoms. The molecule has 0 heterocycles. The fourth-order valence-electron chi connectivity index (χ4n) is 1.29. The number of hydrogen-bond acceptors (Lipinski definition) is 3. The van der Waals surface area contributed by atoms with Gasteiger partial charge in [0.1, 0.15) is 5.82 Å². The fourth-order valence-corrected chi connectivity index (χ4v) is 1.29. The van der Waals surface area contributed by atoms with Crippen LogP contribution < -0.4 is 5.46 Å². The van der Waals surface area contributed by atoms with E-state index in [9.17, 15) is 9.41 Å². The van der Waals surface area contributed by atoms with Crippen LogP contribution in [0.25, 0.3) is 0 Å². The molecule has 0 bridgehead atoms. The lowest BCUT2D eigenvalue weighted by Gasteiger charge is -2.05. The Labute approximate surface area is 112 Å². The van der Waals surface area contributed by atoms with Crippen molar-refractivity contribution in [2.45, 2.75) is 0 Å². The van der Waals surface area contributed by atoms with Gasteiger partial charge in [-0.3, -0.25) is 0 Å². The molecule has 100 valence electrons. The SMILES string of the molecule is Fc1ccccc1.OCCOB(O)c1ccccc1. The van der Waals surface area contributed by atoms with Gasteiger partial charge in [0.25, 0.3) is 0 Å². The molecular formula is C14H16BFO3. The lowest BCUT2D eigenvalue weighted by Crippen LogP contribution is -2.34. The Kier molecular flexibility index (Phi) is 7.50. The van der Waals surface area contributed by atoms with Gasteiger partial charge in [0.05, 0.1) is 13.2 Å². The third-order valence-electron chi connectivity index (χ3n) is 2.18. The van der Waals surface area contributed by atoms with Crippen LogP contribution in [0.1, 0.15) is 0 Å². The minimum Gasteiger partial charge on any atom is -0.423 e. The van der Waals surface area contributed by atoms with Gasteiger partial charge >= 0.3 is 7.12 Å². The average Bonchev–Trinajstić information content (AvgIpc) is 2.47. The van der Waals surface area contributed by atoms with Crippen molar-refractivity contribution < 1.29 is 19.2 Å². The van der Waals surface area contributed by atoms with Crippen LogP contribution in [0.5, 0.6) is 0 Å². The highest BCUT2D eigenvalue weighted by Gasteiger charge is 2.14. The Hall–Kier alpha value is -1.69. The van der Waals surface area contributed by atoms with E-state index in [1.54, 1.807) is 30.3 Å². The normalized spacial score (nSPS) is 9.42. The van der Waals surface area contributed by atoms with Crippen LogP contribution in [-0.4, -0.2) is 30.5 Å². The first-order valence-electron chi connectivity index (χ1n) is 5.90. The first kappa shape index (κ1) is 15.4. The molecule has 19 heavy (non-hydrogen) atoms. The zero-order chi connectivity index (χ0) is 13.9. The largest absolute Gasteiger partial charge is 0.491 e. The first-order chi connectivity index (χ1) is 9.24. The van der Waals surface area contributed by atoms with Crippen LogP contribution in [0.3, 0.4) is 0 Å². The van der Waals surface area contributed by atoms with Crippen molar-refractivity contribution in [3.05, 3.63) is 66.5 Å². The molecule has 2 aromatic carbocycles. The highest BCUT2D eigenvalue weighted by Crippen LogP contribution is 1.91. The highest BCUT2D eigenvalue weighted by atomic mass is 19.1. The zero-order valence-electron chi connectivity index (χ0n) is 10.4. The van der Waals surface area contributed by atoms with Gasteiger partial charge in [-0.05, 0) is 17.6 Å². The summed E-state index contributed by atoms with van der Waals surface area (Å²) in [4.78, 5) is 0. The van der Waals surface area contributed by atoms with Gasteiger partial charge in [-0.15, -0.1) is 0 Å². The van der Waals surface area contributed by atoms with Crippen molar-refractivity contribution in [2.75, 3.05) is 13.2 Å². The Balaban J connectivity index is 0.000000218. The summed E-state index contributed by atoms with van der Waals surface area (Å²) in [5.41, 5.74) is 0.700. The van der Waals surface area contributed by atoms with Crippen molar-refractivity contribution in [2.24, 2.45) is 0 Å². The lowest BCUT2D eigenvalue weighted by molar-refractivity contribution is 0.183. The summed E-state index contributed by atoms with van der Waals surface area (Å²) >= 11 is 0. The van der Waals surface area contributed by atoms with E-state index in [1.165, 1.54) is 12.1 Å². The van der Waals surface area contributed by atoms with E-state index in [4.69, 9.17) is 9.76 Å². The summed E-state index contributed by atoms with van der Waals surface area (Å²) in [6.45, 7) is 0.0694. The van der Waals surface area contributed by atoms with Crippen LogP contribution in [0.4, 0.5) is 4.39 Å². The molecule has 3 nitrogen and oxygen atoms in total. The van der Waals surface area contributed by atoms with E-state index in [-0.39, 0.29) is 19.0 Å². The van der Waals surface area contributed by atoms with E-state index < -0.39 is 7.12 Å². The quantitative estimate of drug-likeness (QED) is 0.814. The number of halogens is 1. The minimum absolute atomic E-state index is 0.0795. The molecule has 2 N–H and O–H groups in total. The topological polar surface area (TPSA) is 49.7 Å². The van der Waals surface area contributed by atoms with Crippen molar-refractivity contribution in [3.8, 4) is 0 Å². The Morgan fingerprint density at radius 2 is 1.47 bits per heavy atom. The molecule has 0 atom stereocenters. The molecule has 0 amide bonds. The lowest BCUT2D eigenvalue weighted by atomic mass is 9.80. The average molecular weight is 262 g/mol. The van der Waals surface area contributed by atoms with E-state index >= 15 is 0 Å². The third-order valence-corrected chi connectivity index (χ3v) is 2.18. The van der Waals surface area contributed by atoms with Gasteiger partial charge in [-0.1, -0.05) is 48.5 Å². The van der Waals surface area contributed by atoms with Crippen LogP contribution in [0.15, 0.2) is 60.7 Å². The molecule has 0 spiro atoms. The number of aliphatic hydroxyl groups is 1. The van der Waals surface area contributed by atoms with E-state index in [2.05, 4.69) is 0 Å². The number of benzene rings is 2. The second kappa shape index (κ2) is 9.27. The molecule has 2 aromatic rings. The smallest absolute Gasteiger partial charge is 0.423 e. The maximum absolute atomic E-state index is 11.9. The Morgan fingerprint density at radius 1 is 0.947 bits per heavy atom. The minimum atomic E-state index is -0.932. The Morgan fingerprint density at radius 3 is 1.89 bits per heavy atom. The molecular weight excluding hydrogens is 246 g/mol. The van der Waals surface area contributed by atoms with Gasteiger partial charge in [-0.2, -0.15) is 0 Å². The third kappa shape index (κ3) is 6.71. The maximum atomic E-state index is 11.9. The van der Waals surface area contributed by atoms with Crippen molar-refractivity contribution >= 4 is 12.6 Å². The summed E-state index contributed by atoms with van der Waals surface area (Å²) in [7, 11) is -0.932. The van der Waals surface area contributed by atoms with Gasteiger partial charge in [0, 0.05) is 0 Å². The van der Waals surface area contributed by atoms with Crippen LogP contribution in [0.2, 0.25) is 0 Å².